The number of halogens is 2. The summed E-state index contributed by atoms with van der Waals surface area (Å²) in [5.74, 6) is -1.23. The number of hydrogen-bond acceptors (Lipinski definition) is 3. The predicted molar refractivity (Wildman–Crippen MR) is 72.4 cm³/mol. The molecule has 1 aromatic heterocycles. The van der Waals surface area contributed by atoms with Crippen LogP contribution < -0.4 is 0 Å². The highest BCUT2D eigenvalue weighted by molar-refractivity contribution is 6.42. The highest BCUT2D eigenvalue weighted by Crippen LogP contribution is 2.28. The Morgan fingerprint density at radius 2 is 2.16 bits per heavy atom. The van der Waals surface area contributed by atoms with Gasteiger partial charge < -0.3 is 0 Å². The molecule has 1 unspecified atom stereocenters. The third-order valence-corrected chi connectivity index (χ3v) is 3.40. The molecule has 0 aliphatic rings. The van der Waals surface area contributed by atoms with E-state index in [1.165, 1.54) is 16.9 Å². The van der Waals surface area contributed by atoms with Crippen LogP contribution >= 0.6 is 23.2 Å². The predicted octanol–water partition coefficient (Wildman–Crippen LogP) is 3.22. The molecule has 2 rings (SSSR count). The second-order valence-corrected chi connectivity index (χ2v) is 4.82. The fourth-order valence-corrected chi connectivity index (χ4v) is 2.00. The van der Waals surface area contributed by atoms with Gasteiger partial charge in [-0.2, -0.15) is 10.4 Å². The molecule has 0 saturated heterocycles. The maximum atomic E-state index is 12.2. The van der Waals surface area contributed by atoms with Crippen molar-refractivity contribution in [3.8, 4) is 6.07 Å². The monoisotopic (exact) mass is 293 g/mol. The first-order valence-corrected chi connectivity index (χ1v) is 6.16. The molecule has 2 aromatic rings. The Bertz CT molecular complexity index is 673. The molecule has 0 fully saturated rings. The molecule has 0 aliphatic carbocycles. The van der Waals surface area contributed by atoms with Gasteiger partial charge in [0.25, 0.3) is 0 Å². The molecular formula is C13H9Cl2N3O. The third kappa shape index (κ3) is 2.78. The Morgan fingerprint density at radius 1 is 1.42 bits per heavy atom. The van der Waals surface area contributed by atoms with Crippen LogP contribution in [0.1, 0.15) is 21.8 Å². The average molecular weight is 294 g/mol. The van der Waals surface area contributed by atoms with Crippen LogP contribution in [-0.2, 0) is 7.05 Å². The minimum absolute atomic E-state index is 0.311. The van der Waals surface area contributed by atoms with E-state index in [4.69, 9.17) is 23.2 Å². The lowest BCUT2D eigenvalue weighted by Gasteiger charge is -2.08. The van der Waals surface area contributed by atoms with Gasteiger partial charge in [0.2, 0.25) is 0 Å². The summed E-state index contributed by atoms with van der Waals surface area (Å²) in [6.45, 7) is 0. The zero-order valence-electron chi connectivity index (χ0n) is 9.97. The summed E-state index contributed by atoms with van der Waals surface area (Å²) in [5.41, 5.74) is 0.908. The lowest BCUT2D eigenvalue weighted by Crippen LogP contribution is -2.10. The number of nitriles is 1. The van der Waals surface area contributed by atoms with Crippen LogP contribution in [0.25, 0.3) is 0 Å². The molecule has 0 amide bonds. The van der Waals surface area contributed by atoms with E-state index in [1.54, 1.807) is 25.4 Å². The zero-order valence-corrected chi connectivity index (χ0v) is 11.5. The summed E-state index contributed by atoms with van der Waals surface area (Å²) in [6.07, 6.45) is 3.01. The van der Waals surface area contributed by atoms with Gasteiger partial charge in [0, 0.05) is 13.2 Å². The molecule has 0 spiro atoms. The van der Waals surface area contributed by atoms with Gasteiger partial charge in [-0.15, -0.1) is 0 Å². The van der Waals surface area contributed by atoms with E-state index in [2.05, 4.69) is 5.10 Å². The number of carbonyl (C=O) groups excluding carboxylic acids is 1. The van der Waals surface area contributed by atoms with Crippen LogP contribution in [0.2, 0.25) is 10.0 Å². The lowest BCUT2D eigenvalue weighted by atomic mass is 9.93. The summed E-state index contributed by atoms with van der Waals surface area (Å²) in [5, 5.41) is 13.8. The van der Waals surface area contributed by atoms with Crippen molar-refractivity contribution in [3.05, 3.63) is 51.8 Å². The first kappa shape index (κ1) is 13.6. The topological polar surface area (TPSA) is 58.7 Å². The van der Waals surface area contributed by atoms with E-state index >= 15 is 0 Å². The molecule has 6 heteroatoms. The maximum absolute atomic E-state index is 12.2. The number of benzene rings is 1. The van der Waals surface area contributed by atoms with Gasteiger partial charge in [0.05, 0.1) is 27.9 Å². The van der Waals surface area contributed by atoms with Crippen molar-refractivity contribution < 1.29 is 4.79 Å². The molecule has 1 heterocycles. The van der Waals surface area contributed by atoms with Gasteiger partial charge in [-0.05, 0) is 17.7 Å². The Balaban J connectivity index is 2.37. The fourth-order valence-electron chi connectivity index (χ4n) is 1.69. The highest BCUT2D eigenvalue weighted by atomic mass is 35.5. The van der Waals surface area contributed by atoms with Gasteiger partial charge in [-0.25, -0.2) is 0 Å². The number of rotatable bonds is 3. The number of carbonyl (C=O) groups is 1. The van der Waals surface area contributed by atoms with Crippen LogP contribution in [0, 0.1) is 11.3 Å². The number of hydrogen-bond donors (Lipinski definition) is 0. The molecule has 0 N–H and O–H groups in total. The molecule has 4 nitrogen and oxygen atoms in total. The molecule has 1 atom stereocenters. The first-order chi connectivity index (χ1) is 9.02. The minimum Gasteiger partial charge on any atom is -0.292 e. The normalized spacial score (nSPS) is 11.9. The van der Waals surface area contributed by atoms with E-state index in [0.29, 0.717) is 21.2 Å². The van der Waals surface area contributed by atoms with Gasteiger partial charge in [-0.1, -0.05) is 29.3 Å². The summed E-state index contributed by atoms with van der Waals surface area (Å²) >= 11 is 11.7. The maximum Gasteiger partial charge on any atom is 0.187 e. The highest BCUT2D eigenvalue weighted by Gasteiger charge is 2.23. The average Bonchev–Trinajstić information content (AvgIpc) is 2.81. The van der Waals surface area contributed by atoms with Crippen LogP contribution in [0.5, 0.6) is 0 Å². The second-order valence-electron chi connectivity index (χ2n) is 4.00. The van der Waals surface area contributed by atoms with Gasteiger partial charge >= 0.3 is 0 Å². The Kier molecular flexibility index (Phi) is 3.89. The third-order valence-electron chi connectivity index (χ3n) is 2.66. The van der Waals surface area contributed by atoms with E-state index < -0.39 is 5.92 Å². The van der Waals surface area contributed by atoms with Gasteiger partial charge in [0.1, 0.15) is 5.92 Å². The number of nitrogens with zero attached hydrogens (tertiary/aromatic N) is 3. The molecular weight excluding hydrogens is 285 g/mol. The standard InChI is InChI=1S/C13H9Cl2N3O/c1-18-7-9(6-17-18)13(19)10(5-16)8-2-3-11(14)12(15)4-8/h2-4,6-7,10H,1H3. The number of aromatic nitrogens is 2. The summed E-state index contributed by atoms with van der Waals surface area (Å²) in [7, 11) is 1.71. The summed E-state index contributed by atoms with van der Waals surface area (Å²) in [4.78, 5) is 12.2. The van der Waals surface area contributed by atoms with Gasteiger partial charge in [0.15, 0.2) is 5.78 Å². The van der Waals surface area contributed by atoms with Gasteiger partial charge in [-0.3, -0.25) is 9.48 Å². The van der Waals surface area contributed by atoms with E-state index in [0.717, 1.165) is 0 Å². The van der Waals surface area contributed by atoms with Crippen molar-refractivity contribution in [2.24, 2.45) is 7.05 Å². The van der Waals surface area contributed by atoms with E-state index in [9.17, 15) is 10.1 Å². The Morgan fingerprint density at radius 3 is 2.68 bits per heavy atom. The summed E-state index contributed by atoms with van der Waals surface area (Å²) in [6, 6.07) is 6.71. The SMILES string of the molecule is Cn1cc(C(=O)C(C#N)c2ccc(Cl)c(Cl)c2)cn1. The minimum atomic E-state index is -0.918. The summed E-state index contributed by atoms with van der Waals surface area (Å²) < 4.78 is 1.51. The largest absolute Gasteiger partial charge is 0.292 e. The molecule has 1 aromatic carbocycles. The van der Waals surface area contributed by atoms with Crippen LogP contribution in [-0.4, -0.2) is 15.6 Å². The van der Waals surface area contributed by atoms with Crippen molar-refractivity contribution >= 4 is 29.0 Å². The quantitative estimate of drug-likeness (QED) is 0.817. The second kappa shape index (κ2) is 5.43. The molecule has 96 valence electrons. The van der Waals surface area contributed by atoms with Crippen LogP contribution in [0.15, 0.2) is 30.6 Å². The number of aryl methyl sites for hydroxylation is 1. The smallest absolute Gasteiger partial charge is 0.187 e. The molecule has 0 aliphatic heterocycles. The van der Waals surface area contributed by atoms with Crippen LogP contribution in [0.3, 0.4) is 0 Å². The fraction of sp³-hybridized carbons (Fsp3) is 0.154. The molecule has 0 bridgehead atoms. The van der Waals surface area contributed by atoms with Crippen molar-refractivity contribution in [1.29, 1.82) is 5.26 Å². The van der Waals surface area contributed by atoms with E-state index in [-0.39, 0.29) is 5.78 Å². The zero-order chi connectivity index (χ0) is 14.0. The Hall–Kier alpha value is -1.83. The molecule has 0 saturated carbocycles. The number of Topliss-reactive ketones (excluding diaryl/α,β-unsaturated/α-hetero) is 1. The first-order valence-electron chi connectivity index (χ1n) is 5.40. The van der Waals surface area contributed by atoms with Crippen molar-refractivity contribution in [2.45, 2.75) is 5.92 Å². The lowest BCUT2D eigenvalue weighted by molar-refractivity contribution is 0.0979. The molecule has 19 heavy (non-hydrogen) atoms. The van der Waals surface area contributed by atoms with Crippen molar-refractivity contribution in [2.75, 3.05) is 0 Å². The Labute approximate surface area is 120 Å². The van der Waals surface area contributed by atoms with Crippen LogP contribution in [0.4, 0.5) is 0 Å². The molecule has 0 radical (unpaired) electrons. The van der Waals surface area contributed by atoms with Crippen molar-refractivity contribution in [1.82, 2.24) is 9.78 Å². The van der Waals surface area contributed by atoms with Crippen molar-refractivity contribution in [3.63, 3.8) is 0 Å². The van der Waals surface area contributed by atoms with E-state index in [1.807, 2.05) is 6.07 Å². The number of ketones is 1.